The van der Waals surface area contributed by atoms with Gasteiger partial charge in [-0.3, -0.25) is 9.59 Å². The number of amides is 2. The van der Waals surface area contributed by atoms with Crippen LogP contribution in [0.4, 0.5) is 0 Å². The van der Waals surface area contributed by atoms with E-state index in [0.29, 0.717) is 37.8 Å². The SMILES string of the molecule is COc1cccc(OC)c1C(=O)N[C@H](C(=O)N1CCOCC1)C(C)C. The Balaban J connectivity index is 2.22. The Labute approximate surface area is 148 Å². The van der Waals surface area contributed by atoms with Gasteiger partial charge in [0, 0.05) is 13.1 Å². The smallest absolute Gasteiger partial charge is 0.259 e. The maximum absolute atomic E-state index is 12.8. The van der Waals surface area contributed by atoms with E-state index >= 15 is 0 Å². The Kier molecular flexibility index (Phi) is 6.64. The molecule has 1 aromatic rings. The van der Waals surface area contributed by atoms with Crippen LogP contribution in [0.25, 0.3) is 0 Å². The summed E-state index contributed by atoms with van der Waals surface area (Å²) in [5, 5.41) is 2.85. The van der Waals surface area contributed by atoms with E-state index in [0.717, 1.165) is 0 Å². The summed E-state index contributed by atoms with van der Waals surface area (Å²) in [7, 11) is 2.98. The lowest BCUT2D eigenvalue weighted by atomic mass is 10.0. The van der Waals surface area contributed by atoms with Crippen LogP contribution >= 0.6 is 0 Å². The van der Waals surface area contributed by atoms with Gasteiger partial charge in [0.1, 0.15) is 23.1 Å². The second-order valence-electron chi connectivity index (χ2n) is 6.17. The number of nitrogens with one attached hydrogen (secondary N) is 1. The topological polar surface area (TPSA) is 77.1 Å². The van der Waals surface area contributed by atoms with E-state index < -0.39 is 11.9 Å². The van der Waals surface area contributed by atoms with E-state index in [-0.39, 0.29) is 17.4 Å². The van der Waals surface area contributed by atoms with Crippen LogP contribution in [0.3, 0.4) is 0 Å². The number of hydrogen-bond donors (Lipinski definition) is 1. The number of morpholine rings is 1. The summed E-state index contributed by atoms with van der Waals surface area (Å²) in [5.41, 5.74) is 0.285. The van der Waals surface area contributed by atoms with Gasteiger partial charge in [0.15, 0.2) is 0 Å². The maximum atomic E-state index is 12.8. The number of nitrogens with zero attached hydrogens (tertiary/aromatic N) is 1. The standard InChI is InChI=1S/C18H26N2O5/c1-12(2)16(18(22)20-8-10-25-11-9-20)19-17(21)15-13(23-3)6-5-7-14(15)24-4/h5-7,12,16H,8-11H2,1-4H3,(H,19,21)/t16-/m0/s1. The van der Waals surface area contributed by atoms with Crippen LogP contribution in [-0.2, 0) is 9.53 Å². The predicted octanol–water partition coefficient (Wildman–Crippen LogP) is 1.32. The van der Waals surface area contributed by atoms with E-state index in [4.69, 9.17) is 14.2 Å². The van der Waals surface area contributed by atoms with E-state index in [2.05, 4.69) is 5.32 Å². The average molecular weight is 350 g/mol. The zero-order valence-electron chi connectivity index (χ0n) is 15.2. The molecule has 1 N–H and O–H groups in total. The summed E-state index contributed by atoms with van der Waals surface area (Å²) in [5.74, 6) is 0.256. The number of carbonyl (C=O) groups is 2. The third-order valence-electron chi connectivity index (χ3n) is 4.20. The normalized spacial score (nSPS) is 15.6. The maximum Gasteiger partial charge on any atom is 0.259 e. The Bertz CT molecular complexity index is 589. The van der Waals surface area contributed by atoms with Crippen LogP contribution in [0, 0.1) is 5.92 Å². The summed E-state index contributed by atoms with van der Waals surface area (Å²) in [4.78, 5) is 27.4. The van der Waals surface area contributed by atoms with Crippen LogP contribution in [-0.4, -0.2) is 63.3 Å². The predicted molar refractivity (Wildman–Crippen MR) is 93.0 cm³/mol. The number of benzene rings is 1. The first-order valence-corrected chi connectivity index (χ1v) is 8.38. The molecule has 2 rings (SSSR count). The highest BCUT2D eigenvalue weighted by Crippen LogP contribution is 2.28. The molecule has 25 heavy (non-hydrogen) atoms. The molecule has 0 bridgehead atoms. The molecule has 1 aliphatic rings. The summed E-state index contributed by atoms with van der Waals surface area (Å²) in [6.07, 6.45) is 0. The molecular formula is C18H26N2O5. The number of methoxy groups -OCH3 is 2. The van der Waals surface area contributed by atoms with Gasteiger partial charge in [-0.2, -0.15) is 0 Å². The van der Waals surface area contributed by atoms with Crippen molar-refractivity contribution in [3.63, 3.8) is 0 Å². The van der Waals surface area contributed by atoms with Crippen molar-refractivity contribution in [1.82, 2.24) is 10.2 Å². The lowest BCUT2D eigenvalue weighted by Gasteiger charge is -2.32. The summed E-state index contributed by atoms with van der Waals surface area (Å²) >= 11 is 0. The molecule has 1 fully saturated rings. The summed E-state index contributed by atoms with van der Waals surface area (Å²) in [6.45, 7) is 5.92. The van der Waals surface area contributed by atoms with Gasteiger partial charge >= 0.3 is 0 Å². The van der Waals surface area contributed by atoms with E-state index in [1.165, 1.54) is 14.2 Å². The van der Waals surface area contributed by atoms with Gasteiger partial charge in [-0.05, 0) is 18.1 Å². The molecule has 7 heteroatoms. The van der Waals surface area contributed by atoms with Crippen molar-refractivity contribution in [1.29, 1.82) is 0 Å². The van der Waals surface area contributed by atoms with Crippen LogP contribution in [0.15, 0.2) is 18.2 Å². The van der Waals surface area contributed by atoms with Crippen LogP contribution < -0.4 is 14.8 Å². The van der Waals surface area contributed by atoms with Crippen molar-refractivity contribution in [2.45, 2.75) is 19.9 Å². The third-order valence-corrected chi connectivity index (χ3v) is 4.20. The van der Waals surface area contributed by atoms with Crippen molar-refractivity contribution < 1.29 is 23.8 Å². The van der Waals surface area contributed by atoms with Crippen LogP contribution in [0.5, 0.6) is 11.5 Å². The quantitative estimate of drug-likeness (QED) is 0.837. The van der Waals surface area contributed by atoms with Gasteiger partial charge < -0.3 is 24.4 Å². The molecule has 0 spiro atoms. The Hall–Kier alpha value is -2.28. The molecule has 1 aromatic carbocycles. The zero-order valence-corrected chi connectivity index (χ0v) is 15.2. The molecule has 0 radical (unpaired) electrons. The minimum atomic E-state index is -0.625. The second-order valence-corrected chi connectivity index (χ2v) is 6.17. The van der Waals surface area contributed by atoms with Crippen molar-refractivity contribution >= 4 is 11.8 Å². The first-order chi connectivity index (χ1) is 12.0. The molecule has 1 atom stereocenters. The molecule has 0 saturated carbocycles. The second kappa shape index (κ2) is 8.71. The minimum Gasteiger partial charge on any atom is -0.496 e. The molecule has 0 unspecified atom stereocenters. The highest BCUT2D eigenvalue weighted by molar-refractivity contribution is 6.02. The number of carbonyl (C=O) groups excluding carboxylic acids is 2. The number of rotatable bonds is 6. The Morgan fingerprint density at radius 1 is 1.12 bits per heavy atom. The largest absolute Gasteiger partial charge is 0.496 e. The average Bonchev–Trinajstić information content (AvgIpc) is 2.64. The van der Waals surface area contributed by atoms with Gasteiger partial charge in [-0.1, -0.05) is 19.9 Å². The van der Waals surface area contributed by atoms with Gasteiger partial charge in [0.2, 0.25) is 5.91 Å². The zero-order chi connectivity index (χ0) is 18.4. The van der Waals surface area contributed by atoms with Gasteiger partial charge in [-0.25, -0.2) is 0 Å². The van der Waals surface area contributed by atoms with Crippen molar-refractivity contribution in [2.24, 2.45) is 5.92 Å². The molecule has 138 valence electrons. The lowest BCUT2D eigenvalue weighted by Crippen LogP contribution is -2.53. The van der Waals surface area contributed by atoms with E-state index in [1.54, 1.807) is 23.1 Å². The van der Waals surface area contributed by atoms with Gasteiger partial charge in [0.05, 0.1) is 27.4 Å². The van der Waals surface area contributed by atoms with Gasteiger partial charge in [0.25, 0.3) is 5.91 Å². The number of hydrogen-bond acceptors (Lipinski definition) is 5. The fourth-order valence-corrected chi connectivity index (χ4v) is 2.78. The lowest BCUT2D eigenvalue weighted by molar-refractivity contribution is -0.138. The molecule has 1 aliphatic heterocycles. The molecular weight excluding hydrogens is 324 g/mol. The summed E-state index contributed by atoms with van der Waals surface area (Å²) in [6, 6.07) is 4.49. The first kappa shape index (κ1) is 19.1. The summed E-state index contributed by atoms with van der Waals surface area (Å²) < 4.78 is 15.8. The monoisotopic (exact) mass is 350 g/mol. The molecule has 7 nitrogen and oxygen atoms in total. The third kappa shape index (κ3) is 4.42. The molecule has 2 amide bonds. The highest BCUT2D eigenvalue weighted by atomic mass is 16.5. The Morgan fingerprint density at radius 2 is 1.68 bits per heavy atom. The van der Waals surface area contributed by atoms with Crippen molar-refractivity contribution in [3.05, 3.63) is 23.8 Å². The van der Waals surface area contributed by atoms with E-state index in [9.17, 15) is 9.59 Å². The van der Waals surface area contributed by atoms with E-state index in [1.807, 2.05) is 13.8 Å². The van der Waals surface area contributed by atoms with Crippen molar-refractivity contribution in [2.75, 3.05) is 40.5 Å². The van der Waals surface area contributed by atoms with Gasteiger partial charge in [-0.15, -0.1) is 0 Å². The minimum absolute atomic E-state index is 0.0556. The highest BCUT2D eigenvalue weighted by Gasteiger charge is 2.31. The fourth-order valence-electron chi connectivity index (χ4n) is 2.78. The van der Waals surface area contributed by atoms with Crippen LogP contribution in [0.2, 0.25) is 0 Å². The fraction of sp³-hybridized carbons (Fsp3) is 0.556. The Morgan fingerprint density at radius 3 is 2.16 bits per heavy atom. The molecule has 0 aromatic heterocycles. The van der Waals surface area contributed by atoms with Crippen LogP contribution in [0.1, 0.15) is 24.2 Å². The van der Waals surface area contributed by atoms with Crippen molar-refractivity contribution in [3.8, 4) is 11.5 Å². The number of ether oxygens (including phenoxy) is 3. The first-order valence-electron chi connectivity index (χ1n) is 8.38. The molecule has 1 heterocycles. The molecule has 0 aliphatic carbocycles. The molecule has 1 saturated heterocycles.